The fraction of sp³-hybridized carbons (Fsp3) is 0.800. The van der Waals surface area contributed by atoms with Crippen LogP contribution in [-0.2, 0) is 0 Å². The zero-order valence-electron chi connectivity index (χ0n) is 4.78. The average Bonchev–Trinajstić information content (AvgIpc) is 1.69. The van der Waals surface area contributed by atoms with E-state index in [2.05, 4.69) is 13.9 Å². The first-order chi connectivity index (χ1) is 3.41. The Morgan fingerprint density at radius 3 is 2.57 bits per heavy atom. The summed E-state index contributed by atoms with van der Waals surface area (Å²) in [4.78, 5) is 0. The first kappa shape index (κ1) is 6.55. The van der Waals surface area contributed by atoms with Crippen LogP contribution in [0.4, 0.5) is 0 Å². The van der Waals surface area contributed by atoms with Crippen LogP contribution in [0.5, 0.6) is 0 Å². The zero-order valence-corrected chi connectivity index (χ0v) is 4.78. The summed E-state index contributed by atoms with van der Waals surface area (Å²) < 4.78 is 0. The smallest absolute Gasteiger partial charge is 0.101 e. The molecule has 1 nitrogen and oxygen atoms in total. The predicted molar refractivity (Wildman–Crippen MR) is 32.8 cm³/mol. The van der Waals surface area contributed by atoms with Crippen LogP contribution in [0.2, 0.25) is 6.32 Å². The van der Waals surface area contributed by atoms with Crippen LogP contribution in [0.1, 0.15) is 19.3 Å². The molecule has 0 saturated heterocycles. The van der Waals surface area contributed by atoms with Crippen molar-refractivity contribution in [3.8, 4) is 6.07 Å². The van der Waals surface area contributed by atoms with Gasteiger partial charge in [0.2, 0.25) is 0 Å². The highest BCUT2D eigenvalue weighted by Gasteiger charge is 1.79. The van der Waals surface area contributed by atoms with Crippen molar-refractivity contribution in [3.63, 3.8) is 0 Å². The fourth-order valence-corrected chi connectivity index (χ4v) is 0.454. The molecule has 0 aliphatic heterocycles. The van der Waals surface area contributed by atoms with Gasteiger partial charge in [0.25, 0.3) is 0 Å². The van der Waals surface area contributed by atoms with E-state index in [0.29, 0.717) is 0 Å². The van der Waals surface area contributed by atoms with Crippen molar-refractivity contribution in [2.24, 2.45) is 0 Å². The second-order valence-corrected chi connectivity index (χ2v) is 1.62. The normalized spacial score (nSPS) is 7.86. The van der Waals surface area contributed by atoms with Gasteiger partial charge in [0.05, 0.1) is 6.07 Å². The van der Waals surface area contributed by atoms with E-state index in [9.17, 15) is 0 Å². The van der Waals surface area contributed by atoms with E-state index in [4.69, 9.17) is 5.26 Å². The monoisotopic (exact) mass is 95.1 g/mol. The number of nitriles is 1. The molecule has 0 aromatic carbocycles. The standard InChI is InChI=1S/C5H10BN/c6-4-2-1-3-5-7/h1-4,6H2. The molecule has 0 aliphatic carbocycles. The first-order valence-corrected chi connectivity index (χ1v) is 2.78. The maximum Gasteiger partial charge on any atom is 0.101 e. The van der Waals surface area contributed by atoms with E-state index in [1.807, 2.05) is 0 Å². The molecule has 7 heavy (non-hydrogen) atoms. The van der Waals surface area contributed by atoms with Crippen molar-refractivity contribution >= 4 is 7.85 Å². The highest BCUT2D eigenvalue weighted by atomic mass is 14.2. The molecule has 0 fully saturated rings. The Balaban J connectivity index is 2.60. The predicted octanol–water partition coefficient (Wildman–Crippen LogP) is 0.732. The van der Waals surface area contributed by atoms with E-state index < -0.39 is 0 Å². The summed E-state index contributed by atoms with van der Waals surface area (Å²) in [6, 6.07) is 2.10. The topological polar surface area (TPSA) is 23.8 Å². The van der Waals surface area contributed by atoms with Gasteiger partial charge in [0.1, 0.15) is 7.85 Å². The van der Waals surface area contributed by atoms with Crippen LogP contribution in [0.15, 0.2) is 0 Å². The Bertz CT molecular complexity index is 65.0. The third kappa shape index (κ3) is 5.55. The number of hydrogen-bond donors (Lipinski definition) is 0. The molecule has 0 radical (unpaired) electrons. The first-order valence-electron chi connectivity index (χ1n) is 2.78. The van der Waals surface area contributed by atoms with Crippen LogP contribution in [0, 0.1) is 11.3 Å². The number of unbranched alkanes of at least 4 members (excludes halogenated alkanes) is 2. The van der Waals surface area contributed by atoms with Crippen LogP contribution in [-0.4, -0.2) is 7.85 Å². The average molecular weight is 95.0 g/mol. The molecule has 0 atom stereocenters. The van der Waals surface area contributed by atoms with Crippen molar-refractivity contribution in [3.05, 3.63) is 0 Å². The minimum absolute atomic E-state index is 0.730. The molecule has 2 heteroatoms. The second-order valence-electron chi connectivity index (χ2n) is 1.62. The molecule has 0 aliphatic rings. The van der Waals surface area contributed by atoms with Crippen molar-refractivity contribution < 1.29 is 0 Å². The van der Waals surface area contributed by atoms with Crippen molar-refractivity contribution in [2.75, 3.05) is 0 Å². The second kappa shape index (κ2) is 5.55. The number of rotatable bonds is 3. The van der Waals surface area contributed by atoms with E-state index >= 15 is 0 Å². The number of hydrogen-bond acceptors (Lipinski definition) is 1. The van der Waals surface area contributed by atoms with E-state index in [-0.39, 0.29) is 0 Å². The van der Waals surface area contributed by atoms with Gasteiger partial charge in [-0.15, -0.1) is 0 Å². The molecule has 0 saturated carbocycles. The maximum atomic E-state index is 8.04. The SMILES string of the molecule is BCCCCC#N. The lowest BCUT2D eigenvalue weighted by Crippen LogP contribution is -1.70. The molecule has 38 valence electrons. The van der Waals surface area contributed by atoms with Gasteiger partial charge in [-0.25, -0.2) is 0 Å². The largest absolute Gasteiger partial charge is 0.198 e. The van der Waals surface area contributed by atoms with Gasteiger partial charge in [-0.1, -0.05) is 12.7 Å². The van der Waals surface area contributed by atoms with Gasteiger partial charge in [-0.2, -0.15) is 5.26 Å². The van der Waals surface area contributed by atoms with Crippen LogP contribution < -0.4 is 0 Å². The maximum absolute atomic E-state index is 8.04. The molecule has 0 spiro atoms. The van der Waals surface area contributed by atoms with Gasteiger partial charge >= 0.3 is 0 Å². The van der Waals surface area contributed by atoms with Gasteiger partial charge < -0.3 is 0 Å². The minimum Gasteiger partial charge on any atom is -0.198 e. The molecule has 0 aromatic heterocycles. The summed E-state index contributed by atoms with van der Waals surface area (Å²) in [7, 11) is 2.14. The van der Waals surface area contributed by atoms with Crippen molar-refractivity contribution in [1.29, 1.82) is 5.26 Å². The van der Waals surface area contributed by atoms with E-state index in [1.165, 1.54) is 12.7 Å². The third-order valence-corrected chi connectivity index (χ3v) is 0.892. The van der Waals surface area contributed by atoms with Gasteiger partial charge in [0.15, 0.2) is 0 Å². The fourth-order valence-electron chi connectivity index (χ4n) is 0.454. The van der Waals surface area contributed by atoms with Gasteiger partial charge in [0, 0.05) is 6.42 Å². The molecule has 0 N–H and O–H groups in total. The quantitative estimate of drug-likeness (QED) is 0.374. The molecule has 0 unspecified atom stereocenters. The van der Waals surface area contributed by atoms with E-state index in [1.54, 1.807) is 0 Å². The van der Waals surface area contributed by atoms with Crippen LogP contribution in [0.25, 0.3) is 0 Å². The van der Waals surface area contributed by atoms with Crippen molar-refractivity contribution in [2.45, 2.75) is 25.6 Å². The highest BCUT2D eigenvalue weighted by molar-refractivity contribution is 6.08. The minimum atomic E-state index is 0.730. The highest BCUT2D eigenvalue weighted by Crippen LogP contribution is 1.94. The molecule has 0 rings (SSSR count). The van der Waals surface area contributed by atoms with Crippen LogP contribution in [0.3, 0.4) is 0 Å². The van der Waals surface area contributed by atoms with E-state index in [0.717, 1.165) is 12.8 Å². The Kier molecular flexibility index (Phi) is 5.20. The number of nitrogens with zero attached hydrogens (tertiary/aromatic N) is 1. The molecular weight excluding hydrogens is 84.9 g/mol. The molecule has 0 bridgehead atoms. The van der Waals surface area contributed by atoms with Gasteiger partial charge in [-0.3, -0.25) is 0 Å². The third-order valence-electron chi connectivity index (χ3n) is 0.892. The Labute approximate surface area is 45.7 Å². The van der Waals surface area contributed by atoms with Crippen LogP contribution >= 0.6 is 0 Å². The molecule has 0 aromatic rings. The lowest BCUT2D eigenvalue weighted by Gasteiger charge is -1.84. The lowest BCUT2D eigenvalue weighted by molar-refractivity contribution is 0.820. The summed E-state index contributed by atoms with van der Waals surface area (Å²) in [6.07, 6.45) is 4.22. The summed E-state index contributed by atoms with van der Waals surface area (Å²) in [5.74, 6) is 0. The molecule has 0 heterocycles. The summed E-state index contributed by atoms with van der Waals surface area (Å²) in [6.45, 7) is 0. The summed E-state index contributed by atoms with van der Waals surface area (Å²) in [5, 5.41) is 8.04. The Morgan fingerprint density at radius 2 is 2.14 bits per heavy atom. The van der Waals surface area contributed by atoms with Crippen molar-refractivity contribution in [1.82, 2.24) is 0 Å². The summed E-state index contributed by atoms with van der Waals surface area (Å²) in [5.41, 5.74) is 0. The lowest BCUT2D eigenvalue weighted by atomic mass is 10.00. The zero-order chi connectivity index (χ0) is 5.54. The molecule has 0 amide bonds. The van der Waals surface area contributed by atoms with Gasteiger partial charge in [-0.05, 0) is 6.42 Å². The Morgan fingerprint density at radius 1 is 1.43 bits per heavy atom. The molecular formula is C5H10BN. The Hall–Kier alpha value is -0.445. The summed E-state index contributed by atoms with van der Waals surface area (Å²) >= 11 is 0.